The van der Waals surface area contributed by atoms with Gasteiger partial charge in [0, 0.05) is 35.8 Å². The van der Waals surface area contributed by atoms with Gasteiger partial charge in [-0.3, -0.25) is 0 Å². The summed E-state index contributed by atoms with van der Waals surface area (Å²) in [6, 6.07) is 13.4. The molecule has 20 heavy (non-hydrogen) atoms. The number of thiophene rings is 2. The van der Waals surface area contributed by atoms with Gasteiger partial charge in [-0.2, -0.15) is 0 Å². The Bertz CT molecular complexity index is 1020. The van der Waals surface area contributed by atoms with Crippen LogP contribution < -0.4 is 0 Å². The lowest BCUT2D eigenvalue weighted by molar-refractivity contribution is 1.71. The van der Waals surface area contributed by atoms with Crippen molar-refractivity contribution < 1.29 is 0 Å². The predicted molar refractivity (Wildman–Crippen MR) is 95.8 cm³/mol. The van der Waals surface area contributed by atoms with Crippen molar-refractivity contribution in [2.45, 2.75) is 6.92 Å². The van der Waals surface area contributed by atoms with Crippen LogP contribution >= 0.6 is 38.6 Å². The van der Waals surface area contributed by atoms with E-state index in [1.54, 1.807) is 0 Å². The van der Waals surface area contributed by atoms with E-state index in [-0.39, 0.29) is 0 Å². The molecule has 5 rings (SSSR count). The average molecular weight is 357 g/mol. The molecule has 0 atom stereocenters. The maximum atomic E-state index is 3.78. The molecule has 2 heterocycles. The van der Waals surface area contributed by atoms with Gasteiger partial charge in [-0.1, -0.05) is 24.3 Å². The SMILES string of the molecule is Cc1sc2cccc3c4c(Br)sc5cccc(c1c23)c54. The average Bonchev–Trinajstić information content (AvgIpc) is 2.95. The molecule has 0 bridgehead atoms. The third-order valence-corrected chi connectivity index (χ3v) is 7.00. The Morgan fingerprint density at radius 3 is 2.10 bits per heavy atom. The summed E-state index contributed by atoms with van der Waals surface area (Å²) in [6.07, 6.45) is 0. The van der Waals surface area contributed by atoms with Crippen LogP contribution in [0.3, 0.4) is 0 Å². The van der Waals surface area contributed by atoms with Crippen molar-refractivity contribution in [3.63, 3.8) is 0 Å². The van der Waals surface area contributed by atoms with Gasteiger partial charge in [0.1, 0.15) is 0 Å². The van der Waals surface area contributed by atoms with Crippen LogP contribution in [-0.2, 0) is 0 Å². The predicted octanol–water partition coefficient (Wildman–Crippen LogP) is 6.93. The van der Waals surface area contributed by atoms with Crippen molar-refractivity contribution in [2.24, 2.45) is 0 Å². The largest absolute Gasteiger partial charge is 0.140 e. The Morgan fingerprint density at radius 2 is 1.35 bits per heavy atom. The first-order chi connectivity index (χ1) is 9.75. The van der Waals surface area contributed by atoms with Gasteiger partial charge in [-0.25, -0.2) is 0 Å². The molecule has 0 aliphatic heterocycles. The molecule has 0 saturated carbocycles. The molecular weight excluding hydrogens is 348 g/mol. The Morgan fingerprint density at radius 1 is 0.750 bits per heavy atom. The lowest BCUT2D eigenvalue weighted by Crippen LogP contribution is -1.79. The van der Waals surface area contributed by atoms with E-state index in [1.807, 2.05) is 22.7 Å². The van der Waals surface area contributed by atoms with Gasteiger partial charge in [0.25, 0.3) is 0 Å². The van der Waals surface area contributed by atoms with Gasteiger partial charge in [0.15, 0.2) is 0 Å². The van der Waals surface area contributed by atoms with Gasteiger partial charge in [-0.15, -0.1) is 22.7 Å². The maximum absolute atomic E-state index is 3.78. The fourth-order valence-corrected chi connectivity index (χ4v) is 6.37. The van der Waals surface area contributed by atoms with E-state index in [4.69, 9.17) is 0 Å². The van der Waals surface area contributed by atoms with E-state index >= 15 is 0 Å². The van der Waals surface area contributed by atoms with E-state index in [9.17, 15) is 0 Å². The van der Waals surface area contributed by atoms with Crippen molar-refractivity contribution in [3.05, 3.63) is 45.1 Å². The second-order valence-corrected chi connectivity index (χ2v) is 8.77. The molecular formula is C17H9BrS2. The maximum Gasteiger partial charge on any atom is 0.0789 e. The molecule has 0 aliphatic carbocycles. The molecule has 0 nitrogen and oxygen atoms in total. The first-order valence-electron chi connectivity index (χ1n) is 6.49. The second kappa shape index (κ2) is 3.73. The van der Waals surface area contributed by atoms with Crippen LogP contribution in [0.25, 0.3) is 41.7 Å². The zero-order valence-corrected chi connectivity index (χ0v) is 13.9. The summed E-state index contributed by atoms with van der Waals surface area (Å²) in [4.78, 5) is 1.42. The Hall–Kier alpha value is -1.16. The minimum atomic E-state index is 1.25. The minimum absolute atomic E-state index is 1.25. The molecule has 0 radical (unpaired) electrons. The highest BCUT2D eigenvalue weighted by Gasteiger charge is 2.19. The van der Waals surface area contributed by atoms with Gasteiger partial charge < -0.3 is 0 Å². The van der Waals surface area contributed by atoms with Gasteiger partial charge in [-0.05, 0) is 45.8 Å². The summed E-state index contributed by atoms with van der Waals surface area (Å²) in [5.74, 6) is 0. The third-order valence-electron chi connectivity index (χ3n) is 4.10. The highest BCUT2D eigenvalue weighted by Crippen LogP contribution is 2.49. The highest BCUT2D eigenvalue weighted by atomic mass is 79.9. The number of fused-ring (bicyclic) bond motifs is 2. The summed E-state index contributed by atoms with van der Waals surface area (Å²) >= 11 is 7.53. The van der Waals surface area contributed by atoms with Crippen LogP contribution in [0.4, 0.5) is 0 Å². The van der Waals surface area contributed by atoms with Crippen molar-refractivity contribution in [3.8, 4) is 0 Å². The summed E-state index contributed by atoms with van der Waals surface area (Å²) in [7, 11) is 0. The van der Waals surface area contributed by atoms with Gasteiger partial charge >= 0.3 is 0 Å². The van der Waals surface area contributed by atoms with E-state index in [1.165, 1.54) is 50.4 Å². The molecule has 0 unspecified atom stereocenters. The van der Waals surface area contributed by atoms with Crippen LogP contribution in [0.1, 0.15) is 4.88 Å². The smallest absolute Gasteiger partial charge is 0.0789 e. The number of rotatable bonds is 0. The Labute approximate surface area is 132 Å². The van der Waals surface area contributed by atoms with Crippen molar-refractivity contribution in [1.82, 2.24) is 0 Å². The fourth-order valence-electron chi connectivity index (χ4n) is 3.37. The van der Waals surface area contributed by atoms with Gasteiger partial charge in [0.05, 0.1) is 3.79 Å². The summed E-state index contributed by atoms with van der Waals surface area (Å²) in [5.41, 5.74) is 0. The van der Waals surface area contributed by atoms with Crippen LogP contribution in [0.2, 0.25) is 0 Å². The lowest BCUT2D eigenvalue weighted by Gasteiger charge is -2.06. The van der Waals surface area contributed by atoms with Gasteiger partial charge in [0.2, 0.25) is 0 Å². The van der Waals surface area contributed by atoms with E-state index in [0.29, 0.717) is 0 Å². The molecule has 2 aromatic heterocycles. The highest BCUT2D eigenvalue weighted by molar-refractivity contribution is 9.11. The van der Waals surface area contributed by atoms with Crippen molar-refractivity contribution >= 4 is 80.3 Å². The molecule has 5 aromatic rings. The van der Waals surface area contributed by atoms with Crippen LogP contribution in [0.5, 0.6) is 0 Å². The number of benzene rings is 3. The summed E-state index contributed by atoms with van der Waals surface area (Å²) < 4.78 is 4.02. The van der Waals surface area contributed by atoms with Crippen LogP contribution in [0.15, 0.2) is 40.2 Å². The van der Waals surface area contributed by atoms with Crippen LogP contribution in [0, 0.1) is 6.92 Å². The molecule has 0 saturated heterocycles. The molecule has 96 valence electrons. The quantitative estimate of drug-likeness (QED) is 0.264. The van der Waals surface area contributed by atoms with E-state index in [0.717, 1.165) is 0 Å². The molecule has 3 aromatic carbocycles. The molecule has 0 fully saturated rings. The Balaban J connectivity index is 2.35. The molecule has 0 amide bonds. The number of hydrogen-bond acceptors (Lipinski definition) is 2. The minimum Gasteiger partial charge on any atom is -0.140 e. The number of halogens is 1. The zero-order chi connectivity index (χ0) is 13.4. The summed E-state index contributed by atoms with van der Waals surface area (Å²) in [5, 5.41) is 8.49. The topological polar surface area (TPSA) is 0 Å². The van der Waals surface area contributed by atoms with E-state index in [2.05, 4.69) is 59.3 Å². The normalized spacial score (nSPS) is 12.5. The molecule has 3 heteroatoms. The summed E-state index contributed by atoms with van der Waals surface area (Å²) in [6.45, 7) is 2.25. The van der Waals surface area contributed by atoms with Crippen molar-refractivity contribution in [2.75, 3.05) is 0 Å². The number of aryl methyl sites for hydroxylation is 1. The number of hydrogen-bond donors (Lipinski definition) is 0. The first kappa shape index (κ1) is 11.5. The van der Waals surface area contributed by atoms with Crippen molar-refractivity contribution in [1.29, 1.82) is 0 Å². The van der Waals surface area contributed by atoms with E-state index < -0.39 is 0 Å². The zero-order valence-electron chi connectivity index (χ0n) is 10.7. The Kier molecular flexibility index (Phi) is 2.14. The third kappa shape index (κ3) is 1.22. The van der Waals surface area contributed by atoms with Crippen LogP contribution in [-0.4, -0.2) is 0 Å². The monoisotopic (exact) mass is 356 g/mol. The lowest BCUT2D eigenvalue weighted by atomic mass is 9.96. The second-order valence-electron chi connectivity index (χ2n) is 5.14. The standard InChI is InChI=1S/C17H9BrS2/c1-8-13-9-4-2-7-12-15(9)16(17(18)20-12)10-5-3-6-11(19-8)14(10)13/h2-7H,1H3. The molecule has 0 spiro atoms. The molecule has 0 N–H and O–H groups in total. The fraction of sp³-hybridized carbons (Fsp3) is 0.0588. The molecule has 0 aliphatic rings. The first-order valence-corrected chi connectivity index (χ1v) is 8.92.